The zero-order valence-corrected chi connectivity index (χ0v) is 9.77. The van der Waals surface area contributed by atoms with E-state index in [-0.39, 0.29) is 11.7 Å². The number of β-amino-alcohol motifs (C(OH)–C–C–N with tert-alkyl or cyclic N) is 1. The molecular formula is C12H16N2O3. The molecule has 2 N–H and O–H groups in total. The Labute approximate surface area is 99.4 Å². The first kappa shape index (κ1) is 11.9. The zero-order valence-electron chi connectivity index (χ0n) is 9.77. The molecule has 17 heavy (non-hydrogen) atoms. The largest absolute Gasteiger partial charge is 0.391 e. The quantitative estimate of drug-likeness (QED) is 0.746. The number of carbonyl (C=O) groups excluding carboxylic acids is 2. The summed E-state index contributed by atoms with van der Waals surface area (Å²) in [4.78, 5) is 27.6. The number of aromatic amines is 1. The summed E-state index contributed by atoms with van der Waals surface area (Å²) in [5.74, 6) is -0.227. The third-order valence-electron chi connectivity index (χ3n) is 3.00. The van der Waals surface area contributed by atoms with Crippen molar-refractivity contribution >= 4 is 11.7 Å². The molecule has 0 aliphatic carbocycles. The predicted molar refractivity (Wildman–Crippen MR) is 61.9 cm³/mol. The summed E-state index contributed by atoms with van der Waals surface area (Å²) in [6.45, 7) is 2.49. The summed E-state index contributed by atoms with van der Waals surface area (Å²) in [5, 5.41) is 9.51. The number of ketones is 1. The molecule has 0 spiro atoms. The summed E-state index contributed by atoms with van der Waals surface area (Å²) in [6.07, 6.45) is 2.66. The molecule has 2 heterocycles. The molecule has 0 aromatic carbocycles. The minimum atomic E-state index is -0.435. The molecule has 1 atom stereocenters. The number of amides is 1. The van der Waals surface area contributed by atoms with Gasteiger partial charge >= 0.3 is 0 Å². The average Bonchev–Trinajstić information content (AvgIpc) is 2.77. The lowest BCUT2D eigenvalue weighted by molar-refractivity contribution is 0.0469. The maximum atomic E-state index is 12.1. The van der Waals surface area contributed by atoms with Gasteiger partial charge in [-0.1, -0.05) is 0 Å². The number of piperidine rings is 1. The van der Waals surface area contributed by atoms with Crippen molar-refractivity contribution in [1.82, 2.24) is 9.88 Å². The highest BCUT2D eigenvalue weighted by Gasteiger charge is 2.24. The smallest absolute Gasteiger partial charge is 0.270 e. The maximum absolute atomic E-state index is 12.1. The van der Waals surface area contributed by atoms with E-state index in [0.717, 1.165) is 12.8 Å². The van der Waals surface area contributed by atoms with Gasteiger partial charge in [-0.15, -0.1) is 0 Å². The summed E-state index contributed by atoms with van der Waals surface area (Å²) in [5.41, 5.74) is 0.912. The SMILES string of the molecule is CC(=O)c1c[nH]c(C(=O)N2CCC[C@H](O)C2)c1. The Hall–Kier alpha value is -1.62. The molecule has 1 aliphatic heterocycles. The molecule has 2 rings (SSSR count). The molecular weight excluding hydrogens is 220 g/mol. The molecule has 1 aromatic rings. The van der Waals surface area contributed by atoms with Gasteiger partial charge in [-0.25, -0.2) is 0 Å². The van der Waals surface area contributed by atoms with Gasteiger partial charge in [-0.2, -0.15) is 0 Å². The Morgan fingerprint density at radius 2 is 2.29 bits per heavy atom. The van der Waals surface area contributed by atoms with Crippen LogP contribution in [0.15, 0.2) is 12.3 Å². The lowest BCUT2D eigenvalue weighted by Gasteiger charge is -2.29. The van der Waals surface area contributed by atoms with Gasteiger partial charge in [0.05, 0.1) is 6.10 Å². The average molecular weight is 236 g/mol. The van der Waals surface area contributed by atoms with Crippen LogP contribution in [0.25, 0.3) is 0 Å². The predicted octanol–water partition coefficient (Wildman–Crippen LogP) is 0.814. The Bertz CT molecular complexity index is 439. The molecule has 1 aromatic heterocycles. The third-order valence-corrected chi connectivity index (χ3v) is 3.00. The highest BCUT2D eigenvalue weighted by atomic mass is 16.3. The van der Waals surface area contributed by atoms with Crippen molar-refractivity contribution < 1.29 is 14.7 Å². The van der Waals surface area contributed by atoms with Gasteiger partial charge in [0, 0.05) is 24.8 Å². The number of nitrogens with zero attached hydrogens (tertiary/aromatic N) is 1. The number of aromatic nitrogens is 1. The number of aliphatic hydroxyl groups excluding tert-OH is 1. The maximum Gasteiger partial charge on any atom is 0.270 e. The molecule has 0 unspecified atom stereocenters. The van der Waals surface area contributed by atoms with Gasteiger partial charge in [0.2, 0.25) is 0 Å². The van der Waals surface area contributed by atoms with Gasteiger partial charge in [0.1, 0.15) is 5.69 Å². The van der Waals surface area contributed by atoms with E-state index in [2.05, 4.69) is 4.98 Å². The van der Waals surface area contributed by atoms with Crippen molar-refractivity contribution in [2.75, 3.05) is 13.1 Å². The first-order chi connectivity index (χ1) is 8.08. The zero-order chi connectivity index (χ0) is 12.4. The molecule has 0 radical (unpaired) electrons. The number of carbonyl (C=O) groups is 2. The standard InChI is InChI=1S/C12H16N2O3/c1-8(15)9-5-11(13-6-9)12(17)14-4-2-3-10(16)7-14/h5-6,10,13,16H,2-4,7H2,1H3/t10-/m0/s1. The van der Waals surface area contributed by atoms with Gasteiger partial charge < -0.3 is 15.0 Å². The Kier molecular flexibility index (Phi) is 3.28. The number of hydrogen-bond acceptors (Lipinski definition) is 3. The van der Waals surface area contributed by atoms with E-state index in [1.54, 1.807) is 11.0 Å². The van der Waals surface area contributed by atoms with Gasteiger partial charge in [0.25, 0.3) is 5.91 Å². The van der Waals surface area contributed by atoms with Crippen LogP contribution in [0.4, 0.5) is 0 Å². The third kappa shape index (κ3) is 2.55. The van der Waals surface area contributed by atoms with Crippen LogP contribution in [0, 0.1) is 0 Å². The summed E-state index contributed by atoms with van der Waals surface area (Å²) in [7, 11) is 0. The number of Topliss-reactive ketones (excluding diaryl/α,β-unsaturated/α-hetero) is 1. The van der Waals surface area contributed by atoms with Crippen LogP contribution in [-0.4, -0.2) is 45.9 Å². The van der Waals surface area contributed by atoms with E-state index >= 15 is 0 Å². The van der Waals surface area contributed by atoms with E-state index in [0.29, 0.717) is 24.3 Å². The topological polar surface area (TPSA) is 73.4 Å². The van der Waals surface area contributed by atoms with Gasteiger partial charge in [-0.05, 0) is 25.8 Å². The lowest BCUT2D eigenvalue weighted by atomic mass is 10.1. The summed E-state index contributed by atoms with van der Waals surface area (Å²) in [6, 6.07) is 1.56. The Morgan fingerprint density at radius 1 is 1.53 bits per heavy atom. The van der Waals surface area contributed by atoms with E-state index in [1.807, 2.05) is 0 Å². The van der Waals surface area contributed by atoms with E-state index in [4.69, 9.17) is 0 Å². The molecule has 1 amide bonds. The second-order valence-electron chi connectivity index (χ2n) is 4.41. The highest BCUT2D eigenvalue weighted by Crippen LogP contribution is 2.14. The van der Waals surface area contributed by atoms with Crippen LogP contribution in [-0.2, 0) is 0 Å². The fourth-order valence-corrected chi connectivity index (χ4v) is 2.03. The van der Waals surface area contributed by atoms with Gasteiger partial charge in [-0.3, -0.25) is 9.59 Å². The first-order valence-corrected chi connectivity index (χ1v) is 5.74. The Balaban J connectivity index is 2.10. The van der Waals surface area contributed by atoms with Crippen LogP contribution < -0.4 is 0 Å². The normalized spacial score (nSPS) is 20.4. The molecule has 0 bridgehead atoms. The minimum Gasteiger partial charge on any atom is -0.391 e. The number of rotatable bonds is 2. The molecule has 0 saturated carbocycles. The second kappa shape index (κ2) is 4.71. The van der Waals surface area contributed by atoms with Crippen molar-refractivity contribution in [3.63, 3.8) is 0 Å². The molecule has 5 nitrogen and oxygen atoms in total. The lowest BCUT2D eigenvalue weighted by Crippen LogP contribution is -2.42. The van der Waals surface area contributed by atoms with E-state index in [9.17, 15) is 14.7 Å². The number of likely N-dealkylation sites (tertiary alicyclic amines) is 1. The van der Waals surface area contributed by atoms with Crippen molar-refractivity contribution in [2.24, 2.45) is 0 Å². The van der Waals surface area contributed by atoms with E-state index < -0.39 is 6.10 Å². The first-order valence-electron chi connectivity index (χ1n) is 5.74. The molecule has 1 aliphatic rings. The van der Waals surface area contributed by atoms with Crippen LogP contribution >= 0.6 is 0 Å². The minimum absolute atomic E-state index is 0.0704. The Morgan fingerprint density at radius 3 is 2.88 bits per heavy atom. The van der Waals surface area contributed by atoms with Crippen LogP contribution in [0.3, 0.4) is 0 Å². The van der Waals surface area contributed by atoms with Crippen LogP contribution in [0.1, 0.15) is 40.6 Å². The van der Waals surface area contributed by atoms with Crippen molar-refractivity contribution in [2.45, 2.75) is 25.9 Å². The second-order valence-corrected chi connectivity index (χ2v) is 4.41. The summed E-state index contributed by atoms with van der Waals surface area (Å²) >= 11 is 0. The van der Waals surface area contributed by atoms with Crippen molar-refractivity contribution in [3.05, 3.63) is 23.5 Å². The monoisotopic (exact) mass is 236 g/mol. The van der Waals surface area contributed by atoms with Crippen molar-refractivity contribution in [3.8, 4) is 0 Å². The van der Waals surface area contributed by atoms with Crippen LogP contribution in [0.2, 0.25) is 0 Å². The molecule has 1 fully saturated rings. The van der Waals surface area contributed by atoms with Crippen LogP contribution in [0.5, 0.6) is 0 Å². The highest BCUT2D eigenvalue weighted by molar-refractivity contribution is 5.99. The van der Waals surface area contributed by atoms with E-state index in [1.165, 1.54) is 13.1 Å². The molecule has 92 valence electrons. The molecule has 1 saturated heterocycles. The fourth-order valence-electron chi connectivity index (χ4n) is 2.03. The fraction of sp³-hybridized carbons (Fsp3) is 0.500. The number of aliphatic hydroxyl groups is 1. The molecule has 5 heteroatoms. The number of hydrogen-bond donors (Lipinski definition) is 2. The van der Waals surface area contributed by atoms with Gasteiger partial charge in [0.15, 0.2) is 5.78 Å². The number of H-pyrrole nitrogens is 1. The number of nitrogens with one attached hydrogen (secondary N) is 1. The summed E-state index contributed by atoms with van der Waals surface area (Å²) < 4.78 is 0. The van der Waals surface area contributed by atoms with Crippen molar-refractivity contribution in [1.29, 1.82) is 0 Å².